The fourth-order valence-electron chi connectivity index (χ4n) is 2.95. The summed E-state index contributed by atoms with van der Waals surface area (Å²) in [4.78, 5) is 35.7. The monoisotopic (exact) mass is 366 g/mol. The summed E-state index contributed by atoms with van der Waals surface area (Å²) in [6, 6.07) is 12.9. The van der Waals surface area contributed by atoms with Crippen LogP contribution in [0.1, 0.15) is 30.5 Å². The Kier molecular flexibility index (Phi) is 4.72. The zero-order valence-electron chi connectivity index (χ0n) is 14.9. The molecule has 1 atom stereocenters. The van der Waals surface area contributed by atoms with Crippen LogP contribution in [0.2, 0.25) is 0 Å². The van der Waals surface area contributed by atoms with Crippen LogP contribution in [0, 0.1) is 10.1 Å². The van der Waals surface area contributed by atoms with E-state index in [1.54, 1.807) is 43.3 Å². The first-order chi connectivity index (χ1) is 12.9. The Morgan fingerprint density at radius 3 is 2.56 bits per heavy atom. The lowest BCUT2D eigenvalue weighted by molar-refractivity contribution is -0.385. The summed E-state index contributed by atoms with van der Waals surface area (Å²) in [5, 5.41) is 18.5. The Morgan fingerprint density at radius 2 is 1.93 bits per heavy atom. The molecule has 8 heteroatoms. The van der Waals surface area contributed by atoms with Crippen molar-refractivity contribution in [2.45, 2.75) is 25.8 Å². The van der Waals surface area contributed by atoms with Gasteiger partial charge in [0.2, 0.25) is 0 Å². The van der Waals surface area contributed by atoms with E-state index in [0.29, 0.717) is 23.1 Å². The van der Waals surface area contributed by atoms with Gasteiger partial charge in [-0.3, -0.25) is 14.9 Å². The number of urea groups is 1. The molecule has 1 saturated heterocycles. The third kappa shape index (κ3) is 3.29. The van der Waals surface area contributed by atoms with Crippen LogP contribution >= 0.6 is 0 Å². The fraction of sp³-hybridized carbons (Fsp3) is 0.211. The van der Waals surface area contributed by atoms with Crippen molar-refractivity contribution in [2.24, 2.45) is 5.10 Å². The topological polar surface area (TPSA) is 105 Å². The molecule has 1 fully saturated rings. The number of carbonyl (C=O) groups excluding carboxylic acids is 2. The zero-order valence-corrected chi connectivity index (χ0v) is 14.9. The average Bonchev–Trinajstić information content (AvgIpc) is 2.90. The van der Waals surface area contributed by atoms with Crippen LogP contribution in [0.3, 0.4) is 0 Å². The summed E-state index contributed by atoms with van der Waals surface area (Å²) >= 11 is 0. The predicted octanol–water partition coefficient (Wildman–Crippen LogP) is 2.96. The van der Waals surface area contributed by atoms with Gasteiger partial charge in [-0.1, -0.05) is 49.4 Å². The van der Waals surface area contributed by atoms with Gasteiger partial charge in [-0.05, 0) is 18.9 Å². The SMILES string of the molecule is CCc1ccc(/C=N\N2C(=O)N[C@@](C)(c3ccccc3)C2=O)cc1[N+](=O)[O-]. The highest BCUT2D eigenvalue weighted by molar-refractivity contribution is 6.07. The minimum Gasteiger partial charge on any atom is -0.318 e. The lowest BCUT2D eigenvalue weighted by Crippen LogP contribution is -2.40. The number of hydrogen-bond donors (Lipinski definition) is 1. The number of nitrogens with zero attached hydrogens (tertiary/aromatic N) is 3. The summed E-state index contributed by atoms with van der Waals surface area (Å²) in [5.74, 6) is -0.519. The van der Waals surface area contributed by atoms with Crippen LogP contribution in [0.15, 0.2) is 53.6 Å². The van der Waals surface area contributed by atoms with E-state index in [-0.39, 0.29) is 5.69 Å². The summed E-state index contributed by atoms with van der Waals surface area (Å²) in [5.41, 5.74) is 0.432. The standard InChI is InChI=1S/C19H18N4O4/c1-3-14-10-9-13(11-16(14)23(26)27)12-20-22-17(24)19(2,21-18(22)25)15-7-5-4-6-8-15/h4-12H,3H2,1-2H3,(H,21,25)/b20-12-/t19-/m0/s1. The van der Waals surface area contributed by atoms with Crippen molar-refractivity contribution in [1.29, 1.82) is 0 Å². The average molecular weight is 366 g/mol. The van der Waals surface area contributed by atoms with Gasteiger partial charge >= 0.3 is 6.03 Å². The molecule has 2 aromatic carbocycles. The molecule has 0 aliphatic carbocycles. The second-order valence-electron chi connectivity index (χ2n) is 6.28. The molecule has 0 aromatic heterocycles. The fourth-order valence-corrected chi connectivity index (χ4v) is 2.95. The Labute approximate surface area is 155 Å². The van der Waals surface area contributed by atoms with Crippen LogP contribution in [0.25, 0.3) is 0 Å². The number of nitro groups is 1. The highest BCUT2D eigenvalue weighted by Crippen LogP contribution is 2.29. The number of carbonyl (C=O) groups is 2. The smallest absolute Gasteiger partial charge is 0.318 e. The quantitative estimate of drug-likeness (QED) is 0.380. The highest BCUT2D eigenvalue weighted by atomic mass is 16.6. The van der Waals surface area contributed by atoms with E-state index in [4.69, 9.17) is 0 Å². The normalized spacial score (nSPS) is 19.6. The molecular weight excluding hydrogens is 348 g/mol. The van der Waals surface area contributed by atoms with E-state index >= 15 is 0 Å². The predicted molar refractivity (Wildman–Crippen MR) is 99.2 cm³/mol. The number of aryl methyl sites for hydroxylation is 1. The number of hydrogen-bond acceptors (Lipinski definition) is 5. The van der Waals surface area contributed by atoms with Gasteiger partial charge in [0.25, 0.3) is 11.6 Å². The maximum absolute atomic E-state index is 12.8. The molecule has 3 amide bonds. The maximum Gasteiger partial charge on any atom is 0.346 e. The minimum absolute atomic E-state index is 0.0206. The number of amides is 3. The number of rotatable bonds is 5. The Morgan fingerprint density at radius 1 is 1.22 bits per heavy atom. The molecule has 2 aromatic rings. The maximum atomic E-state index is 12.8. The molecule has 0 spiro atoms. The van der Waals surface area contributed by atoms with Crippen LogP contribution in [-0.2, 0) is 16.8 Å². The van der Waals surface area contributed by atoms with Crippen LogP contribution in [0.5, 0.6) is 0 Å². The molecule has 1 aliphatic heterocycles. The van der Waals surface area contributed by atoms with Crippen LogP contribution < -0.4 is 5.32 Å². The Bertz CT molecular complexity index is 942. The van der Waals surface area contributed by atoms with Gasteiger partial charge in [-0.15, -0.1) is 5.01 Å². The van der Waals surface area contributed by atoms with Crippen molar-refractivity contribution < 1.29 is 14.5 Å². The molecule has 1 heterocycles. The van der Waals surface area contributed by atoms with Gasteiger partial charge in [-0.25, -0.2) is 4.79 Å². The molecule has 0 unspecified atom stereocenters. The van der Waals surface area contributed by atoms with E-state index in [0.717, 1.165) is 5.01 Å². The first-order valence-corrected chi connectivity index (χ1v) is 8.40. The summed E-state index contributed by atoms with van der Waals surface area (Å²) in [7, 11) is 0. The third-order valence-corrected chi connectivity index (χ3v) is 4.53. The second kappa shape index (κ2) is 6.99. The number of benzene rings is 2. The number of hydrazone groups is 1. The van der Waals surface area contributed by atoms with Gasteiger partial charge in [0.05, 0.1) is 11.1 Å². The minimum atomic E-state index is -1.21. The third-order valence-electron chi connectivity index (χ3n) is 4.53. The number of nitrogens with one attached hydrogen (secondary N) is 1. The first kappa shape index (κ1) is 18.2. The Hall–Kier alpha value is -3.55. The van der Waals surface area contributed by atoms with Crippen molar-refractivity contribution in [3.8, 4) is 0 Å². The lowest BCUT2D eigenvalue weighted by Gasteiger charge is -2.20. The summed E-state index contributed by atoms with van der Waals surface area (Å²) in [6.45, 7) is 3.44. The highest BCUT2D eigenvalue weighted by Gasteiger charge is 2.49. The van der Waals surface area contributed by atoms with E-state index < -0.39 is 22.4 Å². The van der Waals surface area contributed by atoms with Crippen LogP contribution in [-0.4, -0.2) is 28.1 Å². The van der Waals surface area contributed by atoms with Crippen molar-refractivity contribution in [2.75, 3.05) is 0 Å². The largest absolute Gasteiger partial charge is 0.346 e. The molecule has 3 rings (SSSR count). The van der Waals surface area contributed by atoms with E-state index in [9.17, 15) is 19.7 Å². The van der Waals surface area contributed by atoms with Gasteiger partial charge < -0.3 is 5.32 Å². The van der Waals surface area contributed by atoms with Gasteiger partial charge in [0.1, 0.15) is 5.54 Å². The molecular formula is C19H18N4O4. The molecule has 27 heavy (non-hydrogen) atoms. The van der Waals surface area contributed by atoms with Crippen molar-refractivity contribution in [1.82, 2.24) is 10.3 Å². The van der Waals surface area contributed by atoms with Crippen molar-refractivity contribution in [3.05, 3.63) is 75.3 Å². The van der Waals surface area contributed by atoms with Gasteiger partial charge in [-0.2, -0.15) is 5.10 Å². The van der Waals surface area contributed by atoms with Crippen LogP contribution in [0.4, 0.5) is 10.5 Å². The number of imide groups is 1. The molecule has 1 aliphatic rings. The van der Waals surface area contributed by atoms with Gasteiger partial charge in [0.15, 0.2) is 0 Å². The van der Waals surface area contributed by atoms with Crippen molar-refractivity contribution in [3.63, 3.8) is 0 Å². The van der Waals surface area contributed by atoms with Gasteiger partial charge in [0, 0.05) is 17.2 Å². The Balaban J connectivity index is 1.88. The molecule has 0 saturated carbocycles. The molecule has 138 valence electrons. The van der Waals surface area contributed by atoms with E-state index in [2.05, 4.69) is 10.4 Å². The summed E-state index contributed by atoms with van der Waals surface area (Å²) in [6.07, 6.45) is 1.79. The molecule has 1 N–H and O–H groups in total. The lowest BCUT2D eigenvalue weighted by atomic mass is 9.92. The first-order valence-electron chi connectivity index (χ1n) is 8.40. The molecule has 0 radical (unpaired) electrons. The van der Waals surface area contributed by atoms with E-state index in [1.165, 1.54) is 12.3 Å². The number of nitro benzene ring substituents is 1. The molecule has 8 nitrogen and oxygen atoms in total. The summed E-state index contributed by atoms with van der Waals surface area (Å²) < 4.78 is 0. The zero-order chi connectivity index (χ0) is 19.6. The second-order valence-corrected chi connectivity index (χ2v) is 6.28. The van der Waals surface area contributed by atoms with E-state index in [1.807, 2.05) is 13.0 Å². The van der Waals surface area contributed by atoms with Crippen molar-refractivity contribution >= 4 is 23.8 Å². The molecule has 0 bridgehead atoms.